The molecule has 1 unspecified atom stereocenters. The second-order valence-electron chi connectivity index (χ2n) is 4.05. The quantitative estimate of drug-likeness (QED) is 0.937. The number of aromatic nitrogens is 2. The Bertz CT molecular complexity index is 530. The predicted molar refractivity (Wildman–Crippen MR) is 77.4 cm³/mol. The molecule has 4 nitrogen and oxygen atoms in total. The smallest absolute Gasteiger partial charge is 0.161 e. The van der Waals surface area contributed by atoms with Crippen LogP contribution in [0.15, 0.2) is 16.0 Å². The monoisotopic (exact) mass is 329 g/mol. The van der Waals surface area contributed by atoms with Crippen LogP contribution in [0.5, 0.6) is 5.75 Å². The SMILES string of the molecule is CNC(c1cc(C)c(Br)s1)c1c(OC)cnn1C. The number of halogens is 1. The first-order valence-corrected chi connectivity index (χ1v) is 7.18. The van der Waals surface area contributed by atoms with E-state index in [2.05, 4.69) is 39.3 Å². The van der Waals surface area contributed by atoms with E-state index in [0.29, 0.717) is 0 Å². The Morgan fingerprint density at radius 2 is 2.28 bits per heavy atom. The molecule has 0 saturated carbocycles. The molecular formula is C12H16BrN3OS. The summed E-state index contributed by atoms with van der Waals surface area (Å²) in [7, 11) is 5.54. The molecule has 2 aromatic rings. The zero-order valence-corrected chi connectivity index (χ0v) is 13.2. The summed E-state index contributed by atoms with van der Waals surface area (Å²) in [6.07, 6.45) is 1.75. The van der Waals surface area contributed by atoms with Gasteiger partial charge < -0.3 is 10.1 Å². The van der Waals surface area contributed by atoms with Crippen LogP contribution >= 0.6 is 27.3 Å². The lowest BCUT2D eigenvalue weighted by Gasteiger charge is -2.16. The minimum absolute atomic E-state index is 0.0856. The summed E-state index contributed by atoms with van der Waals surface area (Å²) in [6.45, 7) is 2.09. The summed E-state index contributed by atoms with van der Waals surface area (Å²) in [6, 6.07) is 2.27. The van der Waals surface area contributed by atoms with Crippen LogP contribution in [0.3, 0.4) is 0 Å². The number of hydrogen-bond donors (Lipinski definition) is 1. The van der Waals surface area contributed by atoms with Crippen LogP contribution in [0, 0.1) is 6.92 Å². The second-order valence-corrected chi connectivity index (χ2v) is 6.45. The molecule has 1 N–H and O–H groups in total. The van der Waals surface area contributed by atoms with Crippen molar-refractivity contribution in [1.29, 1.82) is 0 Å². The molecule has 2 heterocycles. The van der Waals surface area contributed by atoms with Crippen LogP contribution in [-0.2, 0) is 7.05 Å². The van der Waals surface area contributed by atoms with E-state index in [0.717, 1.165) is 11.4 Å². The summed E-state index contributed by atoms with van der Waals surface area (Å²) < 4.78 is 8.39. The molecule has 0 radical (unpaired) electrons. The number of rotatable bonds is 4. The maximum absolute atomic E-state index is 5.38. The van der Waals surface area contributed by atoms with Gasteiger partial charge in [0.1, 0.15) is 5.69 Å². The molecular weight excluding hydrogens is 314 g/mol. The van der Waals surface area contributed by atoms with Gasteiger partial charge in [-0.3, -0.25) is 4.68 Å². The zero-order valence-electron chi connectivity index (χ0n) is 10.8. The van der Waals surface area contributed by atoms with Crippen LogP contribution in [0.4, 0.5) is 0 Å². The summed E-state index contributed by atoms with van der Waals surface area (Å²) in [5, 5.41) is 7.58. The molecule has 0 aliphatic rings. The molecule has 1 atom stereocenters. The number of ether oxygens (including phenoxy) is 1. The lowest BCUT2D eigenvalue weighted by molar-refractivity contribution is 0.403. The van der Waals surface area contributed by atoms with Crippen molar-refractivity contribution in [3.05, 3.63) is 32.2 Å². The van der Waals surface area contributed by atoms with Gasteiger partial charge in [-0.25, -0.2) is 0 Å². The molecule has 2 aromatic heterocycles. The second kappa shape index (κ2) is 5.42. The third kappa shape index (κ3) is 2.32. The molecule has 0 fully saturated rings. The van der Waals surface area contributed by atoms with E-state index >= 15 is 0 Å². The number of aryl methyl sites for hydroxylation is 2. The minimum atomic E-state index is 0.0856. The zero-order chi connectivity index (χ0) is 13.3. The number of nitrogens with zero attached hydrogens (tertiary/aromatic N) is 2. The number of methoxy groups -OCH3 is 1. The van der Waals surface area contributed by atoms with Crippen LogP contribution < -0.4 is 10.1 Å². The average Bonchev–Trinajstić information content (AvgIpc) is 2.86. The van der Waals surface area contributed by atoms with Crippen molar-refractivity contribution < 1.29 is 4.74 Å². The van der Waals surface area contributed by atoms with Crippen LogP contribution in [0.2, 0.25) is 0 Å². The minimum Gasteiger partial charge on any atom is -0.493 e. The molecule has 98 valence electrons. The molecule has 0 bridgehead atoms. The predicted octanol–water partition coefficient (Wildman–Crippen LogP) is 2.87. The molecule has 0 amide bonds. The van der Waals surface area contributed by atoms with E-state index in [1.165, 1.54) is 14.2 Å². The Kier molecular flexibility index (Phi) is 4.09. The molecule has 0 aliphatic heterocycles. The van der Waals surface area contributed by atoms with E-state index < -0.39 is 0 Å². The number of hydrogen-bond acceptors (Lipinski definition) is 4. The molecule has 6 heteroatoms. The van der Waals surface area contributed by atoms with Crippen molar-refractivity contribution >= 4 is 27.3 Å². The Labute approximate surface area is 119 Å². The Hall–Kier alpha value is -0.850. The first-order chi connectivity index (χ1) is 8.58. The summed E-state index contributed by atoms with van der Waals surface area (Å²) in [5.41, 5.74) is 2.28. The third-order valence-electron chi connectivity index (χ3n) is 2.89. The van der Waals surface area contributed by atoms with Crippen molar-refractivity contribution in [3.8, 4) is 5.75 Å². The standard InChI is InChI=1S/C12H16BrN3OS/c1-7-5-9(18-12(7)13)10(14-2)11-8(17-4)6-15-16(11)3/h5-6,10,14H,1-4H3. The van der Waals surface area contributed by atoms with Gasteiger partial charge in [0, 0.05) is 11.9 Å². The summed E-state index contributed by atoms with van der Waals surface area (Å²) >= 11 is 5.30. The molecule has 0 aromatic carbocycles. The maximum Gasteiger partial charge on any atom is 0.161 e. The lowest BCUT2D eigenvalue weighted by atomic mass is 10.1. The normalized spacial score (nSPS) is 12.7. The van der Waals surface area contributed by atoms with E-state index in [1.807, 2.05) is 18.8 Å². The van der Waals surface area contributed by atoms with Crippen molar-refractivity contribution in [2.45, 2.75) is 13.0 Å². The third-order valence-corrected chi connectivity index (χ3v) is 5.09. The Balaban J connectivity index is 2.47. The maximum atomic E-state index is 5.38. The number of nitrogens with one attached hydrogen (secondary N) is 1. The van der Waals surface area contributed by atoms with Crippen LogP contribution in [0.25, 0.3) is 0 Å². The van der Waals surface area contributed by atoms with E-state index in [9.17, 15) is 0 Å². The highest BCUT2D eigenvalue weighted by Gasteiger charge is 2.23. The highest BCUT2D eigenvalue weighted by atomic mass is 79.9. The number of thiophene rings is 1. The first-order valence-electron chi connectivity index (χ1n) is 5.57. The van der Waals surface area contributed by atoms with Gasteiger partial charge in [0.25, 0.3) is 0 Å². The van der Waals surface area contributed by atoms with Gasteiger partial charge in [0.2, 0.25) is 0 Å². The first kappa shape index (κ1) is 13.6. The topological polar surface area (TPSA) is 39.1 Å². The average molecular weight is 330 g/mol. The van der Waals surface area contributed by atoms with Crippen LogP contribution in [-0.4, -0.2) is 23.9 Å². The highest BCUT2D eigenvalue weighted by molar-refractivity contribution is 9.11. The van der Waals surface area contributed by atoms with Crippen molar-refractivity contribution in [1.82, 2.24) is 15.1 Å². The molecule has 2 rings (SSSR count). The van der Waals surface area contributed by atoms with E-state index in [-0.39, 0.29) is 6.04 Å². The van der Waals surface area contributed by atoms with Crippen molar-refractivity contribution in [2.75, 3.05) is 14.2 Å². The van der Waals surface area contributed by atoms with Gasteiger partial charge in [0.15, 0.2) is 5.75 Å². The van der Waals surface area contributed by atoms with Gasteiger partial charge in [-0.1, -0.05) is 0 Å². The van der Waals surface area contributed by atoms with E-state index in [1.54, 1.807) is 24.6 Å². The van der Waals surface area contributed by atoms with Crippen LogP contribution in [0.1, 0.15) is 22.2 Å². The fraction of sp³-hybridized carbons (Fsp3) is 0.417. The Morgan fingerprint density at radius 3 is 2.78 bits per heavy atom. The van der Waals surface area contributed by atoms with Gasteiger partial charge in [-0.2, -0.15) is 5.10 Å². The van der Waals surface area contributed by atoms with Gasteiger partial charge in [0.05, 0.1) is 23.1 Å². The largest absolute Gasteiger partial charge is 0.493 e. The molecule has 0 spiro atoms. The highest BCUT2D eigenvalue weighted by Crippen LogP contribution is 2.36. The fourth-order valence-corrected chi connectivity index (χ4v) is 3.64. The van der Waals surface area contributed by atoms with Crippen molar-refractivity contribution in [2.24, 2.45) is 7.05 Å². The summed E-state index contributed by atoms with van der Waals surface area (Å²) in [5.74, 6) is 0.805. The van der Waals surface area contributed by atoms with Crippen molar-refractivity contribution in [3.63, 3.8) is 0 Å². The van der Waals surface area contributed by atoms with E-state index in [4.69, 9.17) is 4.74 Å². The van der Waals surface area contributed by atoms with Gasteiger partial charge >= 0.3 is 0 Å². The van der Waals surface area contributed by atoms with Gasteiger partial charge in [-0.05, 0) is 41.5 Å². The molecule has 0 saturated heterocycles. The van der Waals surface area contributed by atoms with Gasteiger partial charge in [-0.15, -0.1) is 11.3 Å². The molecule has 0 aliphatic carbocycles. The molecule has 18 heavy (non-hydrogen) atoms. The Morgan fingerprint density at radius 1 is 1.56 bits per heavy atom. The fourth-order valence-electron chi connectivity index (χ4n) is 1.95. The lowest BCUT2D eigenvalue weighted by Crippen LogP contribution is -2.20. The summed E-state index contributed by atoms with van der Waals surface area (Å²) in [4.78, 5) is 1.24.